The summed E-state index contributed by atoms with van der Waals surface area (Å²) in [5, 5.41) is 0. The zero-order chi connectivity index (χ0) is 11.9. The average molecular weight is 225 g/mol. The predicted octanol–water partition coefficient (Wildman–Crippen LogP) is 3.49. The molecule has 0 amide bonds. The van der Waals surface area contributed by atoms with Crippen LogP contribution >= 0.6 is 0 Å². The van der Waals surface area contributed by atoms with Gasteiger partial charge in [0.2, 0.25) is 0 Å². The lowest BCUT2D eigenvalue weighted by Crippen LogP contribution is -2.45. The fourth-order valence-electron chi connectivity index (χ4n) is 3.18. The quantitative estimate of drug-likeness (QED) is 0.707. The predicted molar refractivity (Wildman–Crippen MR) is 72.8 cm³/mol. The molecule has 0 spiro atoms. The van der Waals surface area contributed by atoms with Crippen LogP contribution in [0.1, 0.15) is 25.3 Å². The van der Waals surface area contributed by atoms with Crippen molar-refractivity contribution in [2.45, 2.75) is 25.3 Å². The van der Waals surface area contributed by atoms with E-state index in [0.29, 0.717) is 0 Å². The lowest BCUT2D eigenvalue weighted by Gasteiger charge is -2.41. The zero-order valence-corrected chi connectivity index (χ0v) is 10.4. The number of rotatable bonds is 1. The van der Waals surface area contributed by atoms with Gasteiger partial charge in [-0.2, -0.15) is 0 Å². The Labute approximate surface area is 103 Å². The normalized spacial score (nSPS) is 29.0. The standard InChI is InChI=1S/C16H19N/c1-13-15(14-7-4-3-5-8-14)9-12-17-11-6-10-16(13,17)2/h3-5,7-9H,1,6,10-12H2,2H3. The van der Waals surface area contributed by atoms with Crippen LogP contribution in [0.15, 0.2) is 48.6 Å². The molecule has 1 fully saturated rings. The Kier molecular flexibility index (Phi) is 2.44. The molecule has 0 N–H and O–H groups in total. The van der Waals surface area contributed by atoms with Crippen LogP contribution in [0.4, 0.5) is 0 Å². The number of hydrogen-bond acceptors (Lipinski definition) is 1. The Morgan fingerprint density at radius 3 is 2.76 bits per heavy atom. The summed E-state index contributed by atoms with van der Waals surface area (Å²) in [6.45, 7) is 9.01. The van der Waals surface area contributed by atoms with Crippen LogP contribution in [0.2, 0.25) is 0 Å². The van der Waals surface area contributed by atoms with E-state index in [1.165, 1.54) is 36.1 Å². The third-order valence-electron chi connectivity index (χ3n) is 4.37. The first-order valence-electron chi connectivity index (χ1n) is 6.42. The highest BCUT2D eigenvalue weighted by Gasteiger charge is 2.41. The van der Waals surface area contributed by atoms with Crippen molar-refractivity contribution < 1.29 is 0 Å². The Morgan fingerprint density at radius 1 is 1.24 bits per heavy atom. The van der Waals surface area contributed by atoms with E-state index in [4.69, 9.17) is 0 Å². The fourth-order valence-corrected chi connectivity index (χ4v) is 3.18. The summed E-state index contributed by atoms with van der Waals surface area (Å²) < 4.78 is 0. The molecule has 0 aromatic heterocycles. The Bertz CT molecular complexity index is 472. The van der Waals surface area contributed by atoms with Crippen molar-refractivity contribution in [3.8, 4) is 0 Å². The summed E-state index contributed by atoms with van der Waals surface area (Å²) in [5.41, 5.74) is 4.16. The second-order valence-electron chi connectivity index (χ2n) is 5.29. The first kappa shape index (κ1) is 10.8. The molecule has 0 radical (unpaired) electrons. The summed E-state index contributed by atoms with van der Waals surface area (Å²) in [4.78, 5) is 2.56. The lowest BCUT2D eigenvalue weighted by atomic mass is 9.80. The molecule has 0 aliphatic carbocycles. The van der Waals surface area contributed by atoms with Gasteiger partial charge in [-0.05, 0) is 43.0 Å². The molecule has 1 atom stereocenters. The van der Waals surface area contributed by atoms with Gasteiger partial charge < -0.3 is 0 Å². The number of nitrogens with zero attached hydrogens (tertiary/aromatic N) is 1. The van der Waals surface area contributed by atoms with Crippen molar-refractivity contribution in [2.24, 2.45) is 0 Å². The van der Waals surface area contributed by atoms with Gasteiger partial charge in [-0.3, -0.25) is 4.90 Å². The van der Waals surface area contributed by atoms with Crippen LogP contribution in [0.3, 0.4) is 0 Å². The molecule has 0 bridgehead atoms. The molecule has 88 valence electrons. The number of fused-ring (bicyclic) bond motifs is 1. The summed E-state index contributed by atoms with van der Waals surface area (Å²) in [7, 11) is 0. The van der Waals surface area contributed by atoms with Gasteiger partial charge in [-0.1, -0.05) is 43.0 Å². The van der Waals surface area contributed by atoms with Gasteiger partial charge in [0.25, 0.3) is 0 Å². The van der Waals surface area contributed by atoms with E-state index in [0.717, 1.165) is 6.54 Å². The van der Waals surface area contributed by atoms with Gasteiger partial charge in [0.1, 0.15) is 0 Å². The Balaban J connectivity index is 2.01. The van der Waals surface area contributed by atoms with E-state index in [9.17, 15) is 0 Å². The third kappa shape index (κ3) is 1.57. The largest absolute Gasteiger partial charge is 0.290 e. The Morgan fingerprint density at radius 2 is 2.00 bits per heavy atom. The van der Waals surface area contributed by atoms with Crippen molar-refractivity contribution in [2.75, 3.05) is 13.1 Å². The van der Waals surface area contributed by atoms with Crippen molar-refractivity contribution >= 4 is 5.57 Å². The van der Waals surface area contributed by atoms with Gasteiger partial charge in [0.15, 0.2) is 0 Å². The minimum absolute atomic E-state index is 0.194. The van der Waals surface area contributed by atoms with E-state index in [-0.39, 0.29) is 5.54 Å². The second-order valence-corrected chi connectivity index (χ2v) is 5.29. The van der Waals surface area contributed by atoms with E-state index in [1.807, 2.05) is 0 Å². The minimum atomic E-state index is 0.194. The van der Waals surface area contributed by atoms with Crippen molar-refractivity contribution in [1.82, 2.24) is 4.90 Å². The van der Waals surface area contributed by atoms with E-state index in [1.54, 1.807) is 0 Å². The molecule has 0 saturated carbocycles. The van der Waals surface area contributed by atoms with Crippen LogP contribution in [-0.2, 0) is 0 Å². The molecule has 2 aliphatic rings. The van der Waals surface area contributed by atoms with E-state index in [2.05, 4.69) is 54.8 Å². The first-order chi connectivity index (χ1) is 8.22. The molecule has 1 nitrogen and oxygen atoms in total. The van der Waals surface area contributed by atoms with Crippen LogP contribution < -0.4 is 0 Å². The summed E-state index contributed by atoms with van der Waals surface area (Å²) in [5.74, 6) is 0. The van der Waals surface area contributed by atoms with Crippen molar-refractivity contribution in [3.05, 3.63) is 54.1 Å². The molecular formula is C16H19N. The van der Waals surface area contributed by atoms with Gasteiger partial charge in [0, 0.05) is 12.1 Å². The van der Waals surface area contributed by atoms with Crippen LogP contribution in [0.25, 0.3) is 5.57 Å². The SMILES string of the molecule is C=C1C(c2ccccc2)=CCN2CCCC12C. The molecule has 1 unspecified atom stereocenters. The molecule has 1 aromatic carbocycles. The molecule has 1 saturated heterocycles. The van der Waals surface area contributed by atoms with Crippen LogP contribution in [0.5, 0.6) is 0 Å². The highest BCUT2D eigenvalue weighted by Crippen LogP contribution is 2.43. The average Bonchev–Trinajstić information content (AvgIpc) is 2.74. The summed E-state index contributed by atoms with van der Waals surface area (Å²) in [6.07, 6.45) is 4.88. The molecule has 17 heavy (non-hydrogen) atoms. The third-order valence-corrected chi connectivity index (χ3v) is 4.37. The van der Waals surface area contributed by atoms with Crippen molar-refractivity contribution in [1.29, 1.82) is 0 Å². The van der Waals surface area contributed by atoms with Gasteiger partial charge in [-0.15, -0.1) is 0 Å². The van der Waals surface area contributed by atoms with E-state index >= 15 is 0 Å². The highest BCUT2D eigenvalue weighted by atomic mass is 15.2. The molecule has 2 aliphatic heterocycles. The van der Waals surface area contributed by atoms with E-state index < -0.39 is 0 Å². The van der Waals surface area contributed by atoms with Crippen LogP contribution in [0, 0.1) is 0 Å². The maximum atomic E-state index is 4.38. The maximum Gasteiger partial charge on any atom is 0.0436 e. The summed E-state index contributed by atoms with van der Waals surface area (Å²) in [6, 6.07) is 10.6. The van der Waals surface area contributed by atoms with Crippen molar-refractivity contribution in [3.63, 3.8) is 0 Å². The minimum Gasteiger partial charge on any atom is -0.290 e. The fraction of sp³-hybridized carbons (Fsp3) is 0.375. The number of benzene rings is 1. The zero-order valence-electron chi connectivity index (χ0n) is 10.4. The van der Waals surface area contributed by atoms with Gasteiger partial charge >= 0.3 is 0 Å². The van der Waals surface area contributed by atoms with Gasteiger partial charge in [-0.25, -0.2) is 0 Å². The highest BCUT2D eigenvalue weighted by molar-refractivity contribution is 5.82. The Hall–Kier alpha value is -1.34. The molecule has 1 heteroatoms. The smallest absolute Gasteiger partial charge is 0.0436 e. The van der Waals surface area contributed by atoms with Crippen LogP contribution in [-0.4, -0.2) is 23.5 Å². The monoisotopic (exact) mass is 225 g/mol. The summed E-state index contributed by atoms with van der Waals surface area (Å²) >= 11 is 0. The second kappa shape index (κ2) is 3.85. The molecule has 2 heterocycles. The first-order valence-corrected chi connectivity index (χ1v) is 6.42. The molecule has 3 rings (SSSR count). The molecular weight excluding hydrogens is 206 g/mol. The lowest BCUT2D eigenvalue weighted by molar-refractivity contribution is 0.212. The topological polar surface area (TPSA) is 3.24 Å². The van der Waals surface area contributed by atoms with Gasteiger partial charge in [0.05, 0.1) is 0 Å². The number of hydrogen-bond donors (Lipinski definition) is 0. The molecule has 1 aromatic rings. The maximum absolute atomic E-state index is 4.38.